The molecule has 134 valence electrons. The van der Waals surface area contributed by atoms with E-state index < -0.39 is 0 Å². The number of aliphatic imine (C=N–C) groups is 2. The van der Waals surface area contributed by atoms with Crippen LogP contribution in [-0.2, 0) is 27.7 Å². The van der Waals surface area contributed by atoms with E-state index in [1.54, 1.807) is 0 Å². The second-order valence-corrected chi connectivity index (χ2v) is 6.59. The van der Waals surface area contributed by atoms with Gasteiger partial charge in [0.15, 0.2) is 0 Å². The van der Waals surface area contributed by atoms with Crippen LogP contribution in [0.1, 0.15) is 38.8 Å². The Kier molecular flexibility index (Phi) is 7.28. The molecule has 0 N–H and O–H groups in total. The maximum atomic E-state index is 5.73. The molecule has 2 aliphatic rings. The summed E-state index contributed by atoms with van der Waals surface area (Å²) in [7, 11) is 4.49. The zero-order valence-electron chi connectivity index (χ0n) is 14.4. The van der Waals surface area contributed by atoms with Gasteiger partial charge in [0.2, 0.25) is 0 Å². The van der Waals surface area contributed by atoms with E-state index in [2.05, 4.69) is 71.5 Å². The number of hydrogen-bond acceptors (Lipinski definition) is 4. The molecule has 0 radical (unpaired) electrons. The van der Waals surface area contributed by atoms with Gasteiger partial charge in [-0.1, -0.05) is 38.8 Å². The summed E-state index contributed by atoms with van der Waals surface area (Å²) < 4.78 is 11.5. The molecule has 0 aromatic heterocycles. The van der Waals surface area contributed by atoms with Crippen LogP contribution in [0.25, 0.3) is 0 Å². The first kappa shape index (κ1) is 19.4. The van der Waals surface area contributed by atoms with Crippen LogP contribution in [0.15, 0.2) is 28.2 Å². The fourth-order valence-electron chi connectivity index (χ4n) is 2.48. The second-order valence-electron chi connectivity index (χ2n) is 6.59. The van der Waals surface area contributed by atoms with Crippen LogP contribution < -0.4 is 0 Å². The van der Waals surface area contributed by atoms with E-state index in [1.165, 1.54) is 0 Å². The van der Waals surface area contributed by atoms with E-state index >= 15 is 0 Å². The molecule has 1 aromatic carbocycles. The summed E-state index contributed by atoms with van der Waals surface area (Å²) in [6, 6.07) is 9.73. The Hall–Kier alpha value is -0.888. The van der Waals surface area contributed by atoms with Gasteiger partial charge in [-0.25, -0.2) is 0 Å². The fourth-order valence-corrected chi connectivity index (χ4v) is 2.48. The molecule has 3 rings (SSSR count). The average Bonchev–Trinajstić information content (AvgIpc) is 3.27. The fraction of sp³-hybridized carbons (Fsp3) is 0.556. The monoisotopic (exact) mass is 440 g/mol. The van der Waals surface area contributed by atoms with Gasteiger partial charge in [0.25, 0.3) is 0 Å². The van der Waals surface area contributed by atoms with Crippen molar-refractivity contribution in [2.75, 3.05) is 13.2 Å². The van der Waals surface area contributed by atoms with Crippen molar-refractivity contribution in [2.45, 2.75) is 39.8 Å². The first-order valence-corrected chi connectivity index (χ1v) is 10.1. The van der Waals surface area contributed by atoms with Crippen molar-refractivity contribution in [3.05, 3.63) is 35.4 Å². The Morgan fingerprint density at radius 1 is 0.958 bits per heavy atom. The SMILES string of the molecule is CC(C)C1COC(c2[c-]c(C3=NC(C(C)C)CO3)ccc2)=N1.[Cl][Pd+]. The molecule has 0 spiro atoms. The van der Waals surface area contributed by atoms with E-state index in [-0.39, 0.29) is 12.1 Å². The van der Waals surface area contributed by atoms with Crippen molar-refractivity contribution in [1.29, 1.82) is 0 Å². The van der Waals surface area contributed by atoms with Crippen molar-refractivity contribution >= 4 is 21.3 Å². The van der Waals surface area contributed by atoms with Gasteiger partial charge in [0.1, 0.15) is 25.0 Å². The molecule has 0 fully saturated rings. The van der Waals surface area contributed by atoms with Crippen LogP contribution >= 0.6 is 9.53 Å². The Bertz CT molecular complexity index is 568. The van der Waals surface area contributed by atoms with Crippen LogP contribution in [0.5, 0.6) is 0 Å². The molecule has 2 unspecified atom stereocenters. The molecule has 2 aliphatic heterocycles. The van der Waals surface area contributed by atoms with E-state index in [4.69, 9.17) is 9.47 Å². The number of hydrogen-bond donors (Lipinski definition) is 0. The molecule has 24 heavy (non-hydrogen) atoms. The van der Waals surface area contributed by atoms with Crippen molar-refractivity contribution in [3.8, 4) is 0 Å². The van der Waals surface area contributed by atoms with Crippen LogP contribution in [0.3, 0.4) is 0 Å². The molecule has 4 nitrogen and oxygen atoms in total. The normalized spacial score (nSPS) is 22.5. The molecule has 0 saturated carbocycles. The summed E-state index contributed by atoms with van der Waals surface area (Å²) in [6.45, 7) is 9.94. The zero-order valence-corrected chi connectivity index (χ0v) is 16.7. The summed E-state index contributed by atoms with van der Waals surface area (Å²) >= 11 is 2.22. The Labute approximate surface area is 159 Å². The third-order valence-corrected chi connectivity index (χ3v) is 4.14. The minimum atomic E-state index is 0.234. The molecular formula is C18H23ClN2O2Pd. The Balaban J connectivity index is 0.00000100. The van der Waals surface area contributed by atoms with E-state index in [0.29, 0.717) is 36.8 Å². The second kappa shape index (κ2) is 8.99. The molecular weight excluding hydrogens is 418 g/mol. The van der Waals surface area contributed by atoms with Gasteiger partial charge in [-0.05, 0) is 11.8 Å². The summed E-state index contributed by atoms with van der Waals surface area (Å²) in [6.07, 6.45) is 0. The number of ether oxygens (including phenoxy) is 2. The third-order valence-electron chi connectivity index (χ3n) is 4.14. The zero-order chi connectivity index (χ0) is 17.7. The van der Waals surface area contributed by atoms with Gasteiger partial charge in [-0.3, -0.25) is 9.98 Å². The standard InChI is InChI=1S/C18H23N2O2.ClH.Pd/c1-11(2)15-9-21-17(19-15)13-6-5-7-14(8-13)18-20-16(10-22-18)12(3)4;;/h5-7,11-12,15-16H,9-10H2,1-4H3;1H;/q-1;;+2/p-1. The van der Waals surface area contributed by atoms with Gasteiger partial charge >= 0.3 is 27.7 Å². The first-order chi connectivity index (χ1) is 11.5. The van der Waals surface area contributed by atoms with E-state index in [9.17, 15) is 0 Å². The first-order valence-electron chi connectivity index (χ1n) is 8.11. The number of rotatable bonds is 4. The number of benzene rings is 1. The summed E-state index contributed by atoms with van der Waals surface area (Å²) in [5, 5.41) is 0. The molecule has 2 heterocycles. The maximum absolute atomic E-state index is 5.73. The summed E-state index contributed by atoms with van der Waals surface area (Å²) in [5.41, 5.74) is 1.75. The topological polar surface area (TPSA) is 43.2 Å². The van der Waals surface area contributed by atoms with Crippen molar-refractivity contribution in [2.24, 2.45) is 21.8 Å². The van der Waals surface area contributed by atoms with Crippen molar-refractivity contribution in [3.63, 3.8) is 0 Å². The quantitative estimate of drug-likeness (QED) is 0.528. The van der Waals surface area contributed by atoms with Crippen LogP contribution in [-0.4, -0.2) is 37.1 Å². The molecule has 0 amide bonds. The number of halogens is 1. The predicted octanol–water partition coefficient (Wildman–Crippen LogP) is 3.78. The van der Waals surface area contributed by atoms with Gasteiger partial charge in [-0.2, -0.15) is 0 Å². The van der Waals surface area contributed by atoms with Gasteiger partial charge in [0.05, 0.1) is 12.1 Å². The summed E-state index contributed by atoms with van der Waals surface area (Å²) in [5.74, 6) is 2.32. The minimum absolute atomic E-state index is 0.234. The molecule has 0 aliphatic carbocycles. The summed E-state index contributed by atoms with van der Waals surface area (Å²) in [4.78, 5) is 9.30. The molecule has 2 atom stereocenters. The third kappa shape index (κ3) is 4.59. The predicted molar refractivity (Wildman–Crippen MR) is 93.4 cm³/mol. The van der Waals surface area contributed by atoms with Gasteiger partial charge in [-0.15, -0.1) is 24.3 Å². The van der Waals surface area contributed by atoms with Crippen LogP contribution in [0, 0.1) is 17.9 Å². The van der Waals surface area contributed by atoms with Gasteiger partial charge in [0, 0.05) is 0 Å². The van der Waals surface area contributed by atoms with Crippen LogP contribution in [0.2, 0.25) is 0 Å². The molecule has 0 saturated heterocycles. The Morgan fingerprint density at radius 3 is 1.71 bits per heavy atom. The van der Waals surface area contributed by atoms with E-state index in [0.717, 1.165) is 11.1 Å². The molecule has 1 aromatic rings. The Morgan fingerprint density at radius 2 is 1.38 bits per heavy atom. The van der Waals surface area contributed by atoms with Gasteiger partial charge < -0.3 is 9.47 Å². The van der Waals surface area contributed by atoms with E-state index in [1.807, 2.05) is 18.2 Å². The molecule has 6 heteroatoms. The van der Waals surface area contributed by atoms with Crippen LogP contribution in [0.4, 0.5) is 0 Å². The average molecular weight is 441 g/mol. The number of nitrogens with zero attached hydrogens (tertiary/aromatic N) is 2. The molecule has 0 bridgehead atoms. The van der Waals surface area contributed by atoms with Crippen molar-refractivity contribution in [1.82, 2.24) is 0 Å². The van der Waals surface area contributed by atoms with Crippen molar-refractivity contribution < 1.29 is 27.7 Å².